The van der Waals surface area contributed by atoms with Gasteiger partial charge in [-0.25, -0.2) is 0 Å². The summed E-state index contributed by atoms with van der Waals surface area (Å²) in [5.74, 6) is 0. The van der Waals surface area contributed by atoms with E-state index in [0.717, 1.165) is 5.57 Å². The van der Waals surface area contributed by atoms with Crippen molar-refractivity contribution < 1.29 is 0 Å². The van der Waals surface area contributed by atoms with E-state index in [0.29, 0.717) is 0 Å². The van der Waals surface area contributed by atoms with Crippen molar-refractivity contribution in [2.75, 3.05) is 0 Å². The molecule has 1 heteroatoms. The molecule has 0 aliphatic heterocycles. The fraction of sp³-hybridized carbons (Fsp3) is 0. The number of rotatable bonds is 7. The molecular weight excluding hydrogens is 775 g/mol. The van der Waals surface area contributed by atoms with Crippen LogP contribution < -0.4 is 0 Å². The van der Waals surface area contributed by atoms with Gasteiger partial charge in [-0.15, -0.1) is 0 Å². The Balaban J connectivity index is 1.22. The van der Waals surface area contributed by atoms with Crippen molar-refractivity contribution in [1.29, 1.82) is 0 Å². The second kappa shape index (κ2) is 13.8. The Bertz CT molecular complexity index is 2990. The predicted octanol–water partition coefficient (Wildman–Crippen LogP) is 16.0. The quantitative estimate of drug-likeness (QED) is 0.0854. The third kappa shape index (κ3) is 5.58. The number of hydrogen-bond donors (Lipinski definition) is 0. The van der Waals surface area contributed by atoms with E-state index >= 15 is 0 Å². The molecule has 0 fully saturated rings. The lowest BCUT2D eigenvalue weighted by molar-refractivity contribution is 1.60. The zero-order valence-electron chi connectivity index (χ0n) is 30.1. The number of benzene rings is 9. The van der Waals surface area contributed by atoms with Crippen molar-refractivity contribution in [2.45, 2.75) is 0 Å². The molecule has 0 spiro atoms. The third-order valence-electron chi connectivity index (χ3n) is 11.2. The van der Waals surface area contributed by atoms with E-state index in [9.17, 15) is 0 Å². The molecule has 0 heterocycles. The number of hydrogen-bond acceptors (Lipinski definition) is 0. The van der Waals surface area contributed by atoms with Gasteiger partial charge in [0, 0.05) is 0 Å². The molecule has 0 saturated carbocycles. The summed E-state index contributed by atoms with van der Waals surface area (Å²) in [5, 5.41) is 7.62. The second-order valence-corrected chi connectivity index (χ2v) is 14.8. The lowest BCUT2D eigenvalue weighted by Gasteiger charge is -2.19. The van der Waals surface area contributed by atoms with E-state index in [1.54, 1.807) is 0 Å². The van der Waals surface area contributed by atoms with Crippen LogP contribution in [-0.4, -0.2) is 0 Å². The Morgan fingerprint density at radius 3 is 1.60 bits per heavy atom. The lowest BCUT2D eigenvalue weighted by Crippen LogP contribution is -1.93. The van der Waals surface area contributed by atoms with E-state index in [4.69, 9.17) is 0 Å². The minimum absolute atomic E-state index is 1.16. The second-order valence-electron chi connectivity index (χ2n) is 14.2. The summed E-state index contributed by atoms with van der Waals surface area (Å²) in [6, 6.07) is 65.1. The predicted molar refractivity (Wildman–Crippen MR) is 246 cm³/mol. The average molecular weight is 811 g/mol. The van der Waals surface area contributed by atoms with Gasteiger partial charge in [-0.2, -0.15) is 0 Å². The van der Waals surface area contributed by atoms with Crippen molar-refractivity contribution in [2.24, 2.45) is 0 Å². The van der Waals surface area contributed by atoms with Crippen LogP contribution in [0.1, 0.15) is 5.56 Å². The molecule has 1 aliphatic carbocycles. The van der Waals surface area contributed by atoms with Crippen LogP contribution in [0.3, 0.4) is 0 Å². The largest absolute Gasteiger partial charge is 0.0991 e. The molecule has 0 aromatic heterocycles. The van der Waals surface area contributed by atoms with Gasteiger partial charge in [-0.1, -0.05) is 217 Å². The van der Waals surface area contributed by atoms with Crippen molar-refractivity contribution in [1.82, 2.24) is 0 Å². The first-order valence-corrected chi connectivity index (χ1v) is 20.0. The first-order chi connectivity index (χ1) is 27.2. The Morgan fingerprint density at radius 1 is 0.400 bits per heavy atom. The fourth-order valence-electron chi connectivity index (χ4n) is 8.68. The highest BCUT2D eigenvalue weighted by molar-refractivity contribution is 14.1. The molecule has 0 bridgehead atoms. The fourth-order valence-corrected chi connectivity index (χ4v) is 9.25. The zero-order chi connectivity index (χ0) is 36.9. The number of fused-ring (bicyclic) bond motifs is 5. The van der Waals surface area contributed by atoms with Gasteiger partial charge in [-0.3, -0.25) is 0 Å². The smallest absolute Gasteiger partial charge is 0.00201 e. The van der Waals surface area contributed by atoms with Crippen molar-refractivity contribution >= 4 is 60.5 Å². The minimum atomic E-state index is 1.16. The van der Waals surface area contributed by atoms with Crippen LogP contribution in [0, 0.1) is 0 Å². The first kappa shape index (κ1) is 33.3. The van der Waals surface area contributed by atoms with Crippen LogP contribution in [0.2, 0.25) is 0 Å². The number of halogens is 1. The van der Waals surface area contributed by atoms with E-state index in [1.807, 2.05) is 12.2 Å². The molecular formula is C54H35I. The van der Waals surface area contributed by atoms with Gasteiger partial charge in [0.25, 0.3) is 0 Å². The van der Waals surface area contributed by atoms with Crippen LogP contribution in [0.15, 0.2) is 205 Å². The summed E-state index contributed by atoms with van der Waals surface area (Å²) in [6.45, 7) is 3.87. The minimum Gasteiger partial charge on any atom is -0.0991 e. The Hall–Kier alpha value is -6.29. The first-order valence-electron chi connectivity index (χ1n) is 18.7. The molecule has 258 valence electrons. The zero-order valence-corrected chi connectivity index (χ0v) is 32.3. The standard InChI is InChI=1S/C54H35I/c1-2-3-12-41(34-55)37-23-27-39(28-24-37)53-48-18-10-9-17-47(48)52(38-25-21-36(22-26-38)35-13-5-4-6-14-35)50-30-29-40(33-51(50)53)42-31-32-49-44-16-8-7-15-43(44)46-20-11-19-45(42)54(46)49/h2-34H,1H2/b12-3-,41-34+. The summed E-state index contributed by atoms with van der Waals surface area (Å²) in [5.41, 5.74) is 17.5. The van der Waals surface area contributed by atoms with Crippen LogP contribution in [0.4, 0.5) is 0 Å². The monoisotopic (exact) mass is 810 g/mol. The van der Waals surface area contributed by atoms with Gasteiger partial charge < -0.3 is 0 Å². The molecule has 0 radical (unpaired) electrons. The highest BCUT2D eigenvalue weighted by atomic mass is 127. The van der Waals surface area contributed by atoms with E-state index < -0.39 is 0 Å². The molecule has 0 amide bonds. The van der Waals surface area contributed by atoms with Gasteiger partial charge in [0.05, 0.1) is 0 Å². The summed E-state index contributed by atoms with van der Waals surface area (Å²) in [7, 11) is 0. The summed E-state index contributed by atoms with van der Waals surface area (Å²) >= 11 is 2.33. The van der Waals surface area contributed by atoms with Crippen molar-refractivity contribution in [3.8, 4) is 66.8 Å². The molecule has 0 nitrogen and oxygen atoms in total. The molecule has 0 N–H and O–H groups in total. The van der Waals surface area contributed by atoms with E-state index in [2.05, 4.69) is 215 Å². The van der Waals surface area contributed by atoms with Crippen LogP contribution in [-0.2, 0) is 0 Å². The maximum Gasteiger partial charge on any atom is -0.00201 e. The maximum absolute atomic E-state index is 3.87. The van der Waals surface area contributed by atoms with E-state index in [-0.39, 0.29) is 0 Å². The van der Waals surface area contributed by atoms with Gasteiger partial charge in [-0.05, 0) is 120 Å². The molecule has 10 rings (SSSR count). The molecule has 9 aromatic rings. The SMILES string of the molecule is C=C/C=C\C(=C/I)c1ccc(-c2c3ccccc3c(-c3ccc(-c4ccccc4)cc3)c3ccc(-c4ccc5c6c(cccc46)-c4ccccc4-5)cc23)cc1. The van der Waals surface area contributed by atoms with Crippen molar-refractivity contribution in [3.63, 3.8) is 0 Å². The molecule has 1 aliphatic rings. The highest BCUT2D eigenvalue weighted by Crippen LogP contribution is 2.50. The Morgan fingerprint density at radius 2 is 0.909 bits per heavy atom. The van der Waals surface area contributed by atoms with Gasteiger partial charge in [0.15, 0.2) is 0 Å². The lowest BCUT2D eigenvalue weighted by atomic mass is 9.84. The van der Waals surface area contributed by atoms with Crippen molar-refractivity contribution in [3.05, 3.63) is 210 Å². The number of allylic oxidation sites excluding steroid dienone is 4. The highest BCUT2D eigenvalue weighted by Gasteiger charge is 2.23. The Kier molecular flexibility index (Phi) is 8.38. The topological polar surface area (TPSA) is 0 Å². The summed E-state index contributed by atoms with van der Waals surface area (Å²) in [4.78, 5) is 0. The molecule has 9 aromatic carbocycles. The van der Waals surface area contributed by atoms with Gasteiger partial charge in [0.2, 0.25) is 0 Å². The van der Waals surface area contributed by atoms with Crippen LogP contribution >= 0.6 is 22.6 Å². The average Bonchev–Trinajstić information content (AvgIpc) is 3.58. The summed E-state index contributed by atoms with van der Waals surface area (Å²) in [6.07, 6.45) is 5.92. The van der Waals surface area contributed by atoms with Gasteiger partial charge in [0.1, 0.15) is 0 Å². The maximum atomic E-state index is 3.87. The third-order valence-corrected chi connectivity index (χ3v) is 11.9. The molecule has 0 unspecified atom stereocenters. The van der Waals surface area contributed by atoms with Gasteiger partial charge >= 0.3 is 0 Å². The van der Waals surface area contributed by atoms with Crippen LogP contribution in [0.25, 0.3) is 105 Å². The Labute approximate surface area is 335 Å². The summed E-state index contributed by atoms with van der Waals surface area (Å²) < 4.78 is 2.12. The molecule has 0 atom stereocenters. The normalized spacial score (nSPS) is 12.2. The molecule has 55 heavy (non-hydrogen) atoms. The van der Waals surface area contributed by atoms with Crippen LogP contribution in [0.5, 0.6) is 0 Å². The van der Waals surface area contributed by atoms with E-state index in [1.165, 1.54) is 105 Å². The molecule has 0 saturated heterocycles.